The first-order chi connectivity index (χ1) is 6.00. The fourth-order valence-electron chi connectivity index (χ4n) is 0.730. The van der Waals surface area contributed by atoms with Crippen LogP contribution in [-0.4, -0.2) is 10.2 Å². The quantitative estimate of drug-likeness (QED) is 0.701. The van der Waals surface area contributed by atoms with Crippen LogP contribution in [0.1, 0.15) is 22.6 Å². The molecule has 0 aromatic carbocycles. The van der Waals surface area contributed by atoms with Crippen molar-refractivity contribution in [3.63, 3.8) is 0 Å². The van der Waals surface area contributed by atoms with E-state index < -0.39 is 28.9 Å². The largest absolute Gasteiger partial charge is 0.280 e. The predicted octanol–water partition coefficient (Wildman–Crippen LogP) is 2.54. The summed E-state index contributed by atoms with van der Waals surface area (Å²) in [4.78, 5) is 13.6. The topological polar surface area (TPSA) is 30.0 Å². The molecule has 70 valence electrons. The molecule has 0 radical (unpaired) electrons. The third-order valence-corrected chi connectivity index (χ3v) is 1.43. The van der Waals surface area contributed by atoms with Crippen LogP contribution in [0.15, 0.2) is 12.1 Å². The fourth-order valence-corrected chi connectivity index (χ4v) is 0.826. The van der Waals surface area contributed by atoms with Crippen molar-refractivity contribution < 1.29 is 18.0 Å². The second kappa shape index (κ2) is 3.74. The van der Waals surface area contributed by atoms with E-state index in [4.69, 9.17) is 11.6 Å². The summed E-state index contributed by atoms with van der Waals surface area (Å²) >= 11 is 4.94. The highest BCUT2D eigenvalue weighted by Crippen LogP contribution is 2.18. The van der Waals surface area contributed by atoms with E-state index >= 15 is 0 Å². The smallest absolute Gasteiger partial charge is 0.274 e. The molecule has 0 unspecified atom stereocenters. The summed E-state index contributed by atoms with van der Waals surface area (Å²) in [5.41, 5.74) is -1.32. The van der Waals surface area contributed by atoms with Gasteiger partial charge in [-0.3, -0.25) is 4.79 Å². The SMILES string of the molecule is O=C(Cl)c1cc(F)cc(C(F)F)n1. The average molecular weight is 210 g/mol. The third kappa shape index (κ3) is 2.42. The lowest BCUT2D eigenvalue weighted by molar-refractivity contribution is 0.107. The lowest BCUT2D eigenvalue weighted by atomic mass is 10.3. The number of rotatable bonds is 2. The number of hydrogen-bond acceptors (Lipinski definition) is 2. The van der Waals surface area contributed by atoms with Crippen molar-refractivity contribution >= 4 is 16.8 Å². The minimum atomic E-state index is -2.93. The van der Waals surface area contributed by atoms with Crippen LogP contribution in [0.25, 0.3) is 0 Å². The van der Waals surface area contributed by atoms with Gasteiger partial charge in [-0.05, 0) is 11.6 Å². The van der Waals surface area contributed by atoms with E-state index in [0.717, 1.165) is 0 Å². The first-order valence-electron chi connectivity index (χ1n) is 3.16. The molecule has 0 bridgehead atoms. The molecule has 6 heteroatoms. The van der Waals surface area contributed by atoms with E-state index in [0.29, 0.717) is 12.1 Å². The third-order valence-electron chi connectivity index (χ3n) is 1.23. The Morgan fingerprint density at radius 1 is 1.46 bits per heavy atom. The molecule has 0 aliphatic rings. The van der Waals surface area contributed by atoms with Crippen molar-refractivity contribution in [1.29, 1.82) is 0 Å². The van der Waals surface area contributed by atoms with Gasteiger partial charge in [0.1, 0.15) is 17.2 Å². The van der Waals surface area contributed by atoms with Gasteiger partial charge in [0.2, 0.25) is 0 Å². The molecule has 1 aromatic rings. The zero-order valence-electron chi connectivity index (χ0n) is 6.10. The van der Waals surface area contributed by atoms with Gasteiger partial charge < -0.3 is 0 Å². The highest BCUT2D eigenvalue weighted by molar-refractivity contribution is 6.67. The predicted molar refractivity (Wildman–Crippen MR) is 39.3 cm³/mol. The Morgan fingerprint density at radius 3 is 2.54 bits per heavy atom. The first kappa shape index (κ1) is 9.98. The summed E-state index contributed by atoms with van der Waals surface area (Å²) in [6.45, 7) is 0. The van der Waals surface area contributed by atoms with Crippen molar-refractivity contribution in [3.8, 4) is 0 Å². The van der Waals surface area contributed by atoms with Crippen LogP contribution in [0.4, 0.5) is 13.2 Å². The molecule has 0 N–H and O–H groups in total. The van der Waals surface area contributed by atoms with Crippen LogP contribution in [0.5, 0.6) is 0 Å². The van der Waals surface area contributed by atoms with Gasteiger partial charge in [0.15, 0.2) is 0 Å². The highest BCUT2D eigenvalue weighted by Gasteiger charge is 2.14. The molecule has 13 heavy (non-hydrogen) atoms. The van der Waals surface area contributed by atoms with E-state index in [2.05, 4.69) is 4.98 Å². The molecule has 0 aliphatic heterocycles. The summed E-state index contributed by atoms with van der Waals surface area (Å²) in [7, 11) is 0. The Kier molecular flexibility index (Phi) is 2.87. The molecule has 0 aliphatic carbocycles. The Labute approximate surface area is 76.3 Å². The molecule has 0 amide bonds. The van der Waals surface area contributed by atoms with E-state index in [9.17, 15) is 18.0 Å². The van der Waals surface area contributed by atoms with Crippen LogP contribution in [0.3, 0.4) is 0 Å². The maximum atomic E-state index is 12.6. The van der Waals surface area contributed by atoms with E-state index in [-0.39, 0.29) is 0 Å². The standard InChI is InChI=1S/C7H3ClF3NO/c8-6(13)4-1-3(9)2-5(12-4)7(10)11/h1-2,7H. The second-order valence-corrected chi connectivity index (χ2v) is 2.51. The van der Waals surface area contributed by atoms with Gasteiger partial charge in [-0.1, -0.05) is 0 Å². The van der Waals surface area contributed by atoms with Crippen LogP contribution in [0, 0.1) is 5.82 Å². The molecular formula is C7H3ClF3NO. The number of hydrogen-bond donors (Lipinski definition) is 0. The molecule has 2 nitrogen and oxygen atoms in total. The summed E-state index contributed by atoms with van der Waals surface area (Å²) in [5, 5.41) is -1.07. The summed E-state index contributed by atoms with van der Waals surface area (Å²) in [6, 6.07) is 1.25. The molecule has 1 aromatic heterocycles. The molecule has 1 rings (SSSR count). The number of carbonyl (C=O) groups is 1. The molecule has 0 atom stereocenters. The Morgan fingerprint density at radius 2 is 2.08 bits per heavy atom. The van der Waals surface area contributed by atoms with Crippen molar-refractivity contribution in [2.75, 3.05) is 0 Å². The molecule has 1 heterocycles. The summed E-state index contributed by atoms with van der Waals surface area (Å²) in [5.74, 6) is -0.964. The maximum Gasteiger partial charge on any atom is 0.280 e. The van der Waals surface area contributed by atoms with Crippen molar-refractivity contribution in [3.05, 3.63) is 29.3 Å². The molecular weight excluding hydrogens is 207 g/mol. The van der Waals surface area contributed by atoms with Crippen molar-refractivity contribution in [2.45, 2.75) is 6.43 Å². The van der Waals surface area contributed by atoms with Gasteiger partial charge in [-0.2, -0.15) is 0 Å². The van der Waals surface area contributed by atoms with Gasteiger partial charge in [0, 0.05) is 12.1 Å². The number of alkyl halides is 2. The maximum absolute atomic E-state index is 12.6. The van der Waals surface area contributed by atoms with E-state index in [1.807, 2.05) is 0 Å². The lowest BCUT2D eigenvalue weighted by Gasteiger charge is -2.00. The Balaban J connectivity index is 3.19. The monoisotopic (exact) mass is 209 g/mol. The Hall–Kier alpha value is -1.10. The highest BCUT2D eigenvalue weighted by atomic mass is 35.5. The van der Waals surface area contributed by atoms with E-state index in [1.165, 1.54) is 0 Å². The average Bonchev–Trinajstić information content (AvgIpc) is 2.03. The van der Waals surface area contributed by atoms with Crippen LogP contribution < -0.4 is 0 Å². The normalized spacial score (nSPS) is 10.5. The van der Waals surface area contributed by atoms with Gasteiger partial charge in [-0.15, -0.1) is 0 Å². The van der Waals surface area contributed by atoms with Crippen molar-refractivity contribution in [1.82, 2.24) is 4.98 Å². The number of aromatic nitrogens is 1. The number of carbonyl (C=O) groups excluding carboxylic acids is 1. The van der Waals surface area contributed by atoms with Crippen molar-refractivity contribution in [2.24, 2.45) is 0 Å². The molecule has 0 saturated carbocycles. The number of halogens is 4. The molecule has 0 saturated heterocycles. The minimum Gasteiger partial charge on any atom is -0.274 e. The zero-order chi connectivity index (χ0) is 10.0. The first-order valence-corrected chi connectivity index (χ1v) is 3.54. The van der Waals surface area contributed by atoms with Gasteiger partial charge in [0.05, 0.1) is 0 Å². The lowest BCUT2D eigenvalue weighted by Crippen LogP contribution is -2.00. The molecule has 0 fully saturated rings. The van der Waals surface area contributed by atoms with Gasteiger partial charge >= 0.3 is 0 Å². The van der Waals surface area contributed by atoms with Gasteiger partial charge in [0.25, 0.3) is 11.7 Å². The minimum absolute atomic E-state index is 0.517. The second-order valence-electron chi connectivity index (χ2n) is 2.17. The molecule has 0 spiro atoms. The summed E-state index contributed by atoms with van der Waals surface area (Å²) < 4.78 is 36.6. The summed E-state index contributed by atoms with van der Waals surface area (Å²) in [6.07, 6.45) is -2.93. The Bertz CT molecular complexity index is 343. The van der Waals surface area contributed by atoms with Crippen LogP contribution in [0.2, 0.25) is 0 Å². The fraction of sp³-hybridized carbons (Fsp3) is 0.143. The van der Waals surface area contributed by atoms with Crippen LogP contribution in [-0.2, 0) is 0 Å². The number of nitrogens with zero attached hydrogens (tertiary/aromatic N) is 1. The van der Waals surface area contributed by atoms with E-state index in [1.54, 1.807) is 0 Å². The number of pyridine rings is 1. The van der Waals surface area contributed by atoms with Gasteiger partial charge in [-0.25, -0.2) is 18.2 Å². The zero-order valence-corrected chi connectivity index (χ0v) is 6.86. The van der Waals surface area contributed by atoms with Crippen LogP contribution >= 0.6 is 11.6 Å².